The molecule has 1 aliphatic heterocycles. The van der Waals surface area contributed by atoms with Gasteiger partial charge in [-0.3, -0.25) is 0 Å². The second-order valence-corrected chi connectivity index (χ2v) is 7.02. The quantitative estimate of drug-likeness (QED) is 0.534. The number of unbranched alkanes of at least 4 members (excludes halogenated alkanes) is 2. The minimum atomic E-state index is -2.89. The zero-order chi connectivity index (χ0) is 11.1. The lowest BCUT2D eigenvalue weighted by Crippen LogP contribution is -2.22. The summed E-state index contributed by atoms with van der Waals surface area (Å²) in [6.45, 7) is 0.726. The maximum Gasteiger partial charge on any atom is 0.152 e. The van der Waals surface area contributed by atoms with Crippen LogP contribution in [0.1, 0.15) is 32.1 Å². The van der Waals surface area contributed by atoms with E-state index in [9.17, 15) is 8.42 Å². The van der Waals surface area contributed by atoms with Crippen molar-refractivity contribution in [3.63, 3.8) is 0 Å². The van der Waals surface area contributed by atoms with Gasteiger partial charge in [0.15, 0.2) is 9.84 Å². The van der Waals surface area contributed by atoms with E-state index in [-0.39, 0.29) is 11.9 Å². The van der Waals surface area contributed by atoms with Crippen molar-refractivity contribution in [2.75, 3.05) is 23.4 Å². The summed E-state index contributed by atoms with van der Waals surface area (Å²) in [5.74, 6) is 0.543. The fourth-order valence-corrected chi connectivity index (χ4v) is 3.77. The van der Waals surface area contributed by atoms with Crippen LogP contribution in [0.4, 0.5) is 0 Å². The van der Waals surface area contributed by atoms with E-state index in [1.54, 1.807) is 0 Å². The van der Waals surface area contributed by atoms with Gasteiger partial charge in [-0.15, -0.1) is 0 Å². The molecular formula is C10H19BrO3S. The zero-order valence-corrected chi connectivity index (χ0v) is 11.4. The van der Waals surface area contributed by atoms with Gasteiger partial charge in [0.25, 0.3) is 0 Å². The molecular weight excluding hydrogens is 280 g/mol. The molecule has 0 spiro atoms. The highest BCUT2D eigenvalue weighted by Crippen LogP contribution is 2.15. The lowest BCUT2D eigenvalue weighted by atomic mass is 10.3. The van der Waals surface area contributed by atoms with Crippen molar-refractivity contribution in [1.82, 2.24) is 0 Å². The Morgan fingerprint density at radius 2 is 2.07 bits per heavy atom. The van der Waals surface area contributed by atoms with Crippen LogP contribution in [0, 0.1) is 0 Å². The standard InChI is InChI=1S/C10H19BrO3S/c11-6-2-1-3-8-15(12,13)9-10-5-4-7-14-10/h10H,1-9H2. The van der Waals surface area contributed by atoms with Crippen molar-refractivity contribution in [2.24, 2.45) is 0 Å². The molecule has 1 rings (SSSR count). The predicted molar refractivity (Wildman–Crippen MR) is 65.3 cm³/mol. The number of sulfone groups is 1. The molecule has 90 valence electrons. The SMILES string of the molecule is O=S(=O)(CCCCCBr)CC1CCCO1. The van der Waals surface area contributed by atoms with E-state index in [0.29, 0.717) is 5.75 Å². The van der Waals surface area contributed by atoms with Gasteiger partial charge in [0, 0.05) is 11.9 Å². The van der Waals surface area contributed by atoms with Crippen molar-refractivity contribution in [3.05, 3.63) is 0 Å². The molecule has 0 aromatic rings. The summed E-state index contributed by atoms with van der Waals surface area (Å²) in [6.07, 6.45) is 4.68. The Kier molecular flexibility index (Phi) is 6.16. The molecule has 0 aromatic carbocycles. The summed E-state index contributed by atoms with van der Waals surface area (Å²) >= 11 is 3.33. The van der Waals surface area contributed by atoms with Crippen molar-refractivity contribution in [1.29, 1.82) is 0 Å². The normalized spacial score (nSPS) is 22.1. The van der Waals surface area contributed by atoms with Gasteiger partial charge in [0.2, 0.25) is 0 Å². The molecule has 1 aliphatic rings. The van der Waals surface area contributed by atoms with Crippen LogP contribution >= 0.6 is 15.9 Å². The lowest BCUT2D eigenvalue weighted by molar-refractivity contribution is 0.127. The Balaban J connectivity index is 2.19. The predicted octanol–water partition coefficient (Wildman–Crippen LogP) is 2.15. The van der Waals surface area contributed by atoms with Crippen LogP contribution in [0.3, 0.4) is 0 Å². The fourth-order valence-electron chi connectivity index (χ4n) is 1.74. The Labute approximate surface area is 101 Å². The van der Waals surface area contributed by atoms with E-state index < -0.39 is 9.84 Å². The van der Waals surface area contributed by atoms with Crippen molar-refractivity contribution in [2.45, 2.75) is 38.2 Å². The maximum absolute atomic E-state index is 11.7. The minimum absolute atomic E-state index is 0.0359. The molecule has 1 unspecified atom stereocenters. The number of halogens is 1. The smallest absolute Gasteiger partial charge is 0.152 e. The molecule has 1 heterocycles. The summed E-state index contributed by atoms with van der Waals surface area (Å²) in [4.78, 5) is 0. The van der Waals surface area contributed by atoms with Gasteiger partial charge in [-0.2, -0.15) is 0 Å². The van der Waals surface area contributed by atoms with Crippen LogP contribution in [0.25, 0.3) is 0 Å². The van der Waals surface area contributed by atoms with Crippen LogP contribution in [0.5, 0.6) is 0 Å². The summed E-state index contributed by atoms with van der Waals surface area (Å²) in [7, 11) is -2.89. The van der Waals surface area contributed by atoms with Crippen LogP contribution < -0.4 is 0 Å². The first-order chi connectivity index (χ1) is 7.14. The van der Waals surface area contributed by atoms with Crippen molar-refractivity contribution >= 4 is 25.8 Å². The molecule has 0 aliphatic carbocycles. The third-order valence-corrected chi connectivity index (χ3v) is 4.90. The second kappa shape index (κ2) is 6.86. The molecule has 5 heteroatoms. The first-order valence-electron chi connectivity index (χ1n) is 5.52. The molecule has 0 saturated carbocycles. The first-order valence-corrected chi connectivity index (χ1v) is 8.46. The second-order valence-electron chi connectivity index (χ2n) is 4.00. The Hall–Kier alpha value is 0.390. The molecule has 0 amide bonds. The van der Waals surface area contributed by atoms with E-state index in [1.165, 1.54) is 0 Å². The lowest BCUT2D eigenvalue weighted by Gasteiger charge is -2.09. The minimum Gasteiger partial charge on any atom is -0.377 e. The number of alkyl halides is 1. The van der Waals surface area contributed by atoms with Gasteiger partial charge >= 0.3 is 0 Å². The van der Waals surface area contributed by atoms with E-state index in [2.05, 4.69) is 15.9 Å². The van der Waals surface area contributed by atoms with Gasteiger partial charge in [-0.05, 0) is 25.7 Å². The topological polar surface area (TPSA) is 43.4 Å². The summed E-state index contributed by atoms with van der Waals surface area (Å²) in [5, 5.41) is 0.957. The summed E-state index contributed by atoms with van der Waals surface area (Å²) < 4.78 is 28.6. The number of hydrogen-bond donors (Lipinski definition) is 0. The zero-order valence-electron chi connectivity index (χ0n) is 8.95. The van der Waals surface area contributed by atoms with E-state index in [4.69, 9.17) is 4.74 Å². The molecule has 1 fully saturated rings. The molecule has 3 nitrogen and oxygen atoms in total. The summed E-state index contributed by atoms with van der Waals surface area (Å²) in [5.41, 5.74) is 0. The van der Waals surface area contributed by atoms with Crippen LogP contribution in [0.15, 0.2) is 0 Å². The maximum atomic E-state index is 11.7. The van der Waals surface area contributed by atoms with Gasteiger partial charge in [0.05, 0.1) is 17.6 Å². The average molecular weight is 299 g/mol. The highest BCUT2D eigenvalue weighted by molar-refractivity contribution is 9.09. The first kappa shape index (κ1) is 13.5. The monoisotopic (exact) mass is 298 g/mol. The summed E-state index contributed by atoms with van der Waals surface area (Å²) in [6, 6.07) is 0. The van der Waals surface area contributed by atoms with Gasteiger partial charge < -0.3 is 4.74 Å². The van der Waals surface area contributed by atoms with E-state index in [0.717, 1.165) is 44.0 Å². The van der Waals surface area contributed by atoms with Crippen LogP contribution in [-0.2, 0) is 14.6 Å². The molecule has 15 heavy (non-hydrogen) atoms. The fraction of sp³-hybridized carbons (Fsp3) is 1.00. The van der Waals surface area contributed by atoms with Crippen molar-refractivity contribution < 1.29 is 13.2 Å². The van der Waals surface area contributed by atoms with E-state index >= 15 is 0 Å². The van der Waals surface area contributed by atoms with Gasteiger partial charge in [-0.25, -0.2) is 8.42 Å². The molecule has 1 saturated heterocycles. The largest absolute Gasteiger partial charge is 0.377 e. The van der Waals surface area contributed by atoms with Gasteiger partial charge in [-0.1, -0.05) is 22.4 Å². The Morgan fingerprint density at radius 1 is 1.27 bits per heavy atom. The molecule has 1 atom stereocenters. The van der Waals surface area contributed by atoms with E-state index in [1.807, 2.05) is 0 Å². The number of rotatable bonds is 7. The Morgan fingerprint density at radius 3 is 2.67 bits per heavy atom. The number of ether oxygens (including phenoxy) is 1. The van der Waals surface area contributed by atoms with Crippen LogP contribution in [-0.4, -0.2) is 38.0 Å². The van der Waals surface area contributed by atoms with Crippen LogP contribution in [0.2, 0.25) is 0 Å². The Bertz CT molecular complexity index is 258. The highest BCUT2D eigenvalue weighted by atomic mass is 79.9. The average Bonchev–Trinajstić information content (AvgIpc) is 2.64. The van der Waals surface area contributed by atoms with Gasteiger partial charge in [0.1, 0.15) is 0 Å². The molecule has 0 N–H and O–H groups in total. The molecule has 0 bridgehead atoms. The highest BCUT2D eigenvalue weighted by Gasteiger charge is 2.22. The third-order valence-electron chi connectivity index (χ3n) is 2.55. The molecule has 0 radical (unpaired) electrons. The molecule has 0 aromatic heterocycles. The van der Waals surface area contributed by atoms with Crippen molar-refractivity contribution in [3.8, 4) is 0 Å². The number of hydrogen-bond acceptors (Lipinski definition) is 3. The third kappa shape index (κ3) is 5.88.